The lowest BCUT2D eigenvalue weighted by Crippen LogP contribution is -2.42. The predicted molar refractivity (Wildman–Crippen MR) is 109 cm³/mol. The minimum absolute atomic E-state index is 0.299. The van der Waals surface area contributed by atoms with Gasteiger partial charge < -0.3 is 4.74 Å². The highest BCUT2D eigenvalue weighted by molar-refractivity contribution is 5.31. The van der Waals surface area contributed by atoms with E-state index in [2.05, 4.69) is 60.4 Å². The summed E-state index contributed by atoms with van der Waals surface area (Å²) >= 11 is 0. The van der Waals surface area contributed by atoms with Crippen molar-refractivity contribution in [1.82, 2.24) is 4.90 Å². The largest absolute Gasteiger partial charge is 0.381 e. The maximum absolute atomic E-state index is 8.94. The standard InChI is InChI=1S/C24H30N2O/c1-2-27-20-24(13-12-21-6-4-3-5-7-21)14-16-26(17-15-24)19-23-10-8-22(18-25)9-11-23/h3-11H,2,12-17,19-20H2,1H3. The highest BCUT2D eigenvalue weighted by atomic mass is 16.5. The van der Waals surface area contributed by atoms with Gasteiger partial charge in [0.15, 0.2) is 0 Å². The lowest BCUT2D eigenvalue weighted by atomic mass is 9.74. The number of benzene rings is 2. The second-order valence-electron chi connectivity index (χ2n) is 7.71. The summed E-state index contributed by atoms with van der Waals surface area (Å²) in [5.74, 6) is 0. The number of rotatable bonds is 8. The third-order valence-corrected chi connectivity index (χ3v) is 5.81. The van der Waals surface area contributed by atoms with Gasteiger partial charge in [-0.05, 0) is 74.4 Å². The normalized spacial score (nSPS) is 16.7. The Morgan fingerprint density at radius 1 is 1.00 bits per heavy atom. The first-order valence-electron chi connectivity index (χ1n) is 10.1. The lowest BCUT2D eigenvalue weighted by molar-refractivity contribution is -0.00232. The maximum atomic E-state index is 8.94. The van der Waals surface area contributed by atoms with Gasteiger partial charge in [-0.25, -0.2) is 0 Å². The summed E-state index contributed by atoms with van der Waals surface area (Å²) in [6.45, 7) is 6.95. The smallest absolute Gasteiger partial charge is 0.0991 e. The van der Waals surface area contributed by atoms with E-state index in [1.165, 1.54) is 30.4 Å². The monoisotopic (exact) mass is 362 g/mol. The first-order valence-corrected chi connectivity index (χ1v) is 10.1. The van der Waals surface area contributed by atoms with Crippen molar-refractivity contribution < 1.29 is 4.74 Å². The molecule has 0 unspecified atom stereocenters. The zero-order chi connectivity index (χ0) is 19.0. The van der Waals surface area contributed by atoms with Crippen LogP contribution in [-0.2, 0) is 17.7 Å². The van der Waals surface area contributed by atoms with Crippen molar-refractivity contribution in [1.29, 1.82) is 5.26 Å². The summed E-state index contributed by atoms with van der Waals surface area (Å²) in [6, 6.07) is 21.0. The van der Waals surface area contributed by atoms with Crippen LogP contribution in [0.5, 0.6) is 0 Å². The Kier molecular flexibility index (Phi) is 7.04. The van der Waals surface area contributed by atoms with Crippen LogP contribution in [0.1, 0.15) is 42.9 Å². The number of likely N-dealkylation sites (tertiary alicyclic amines) is 1. The molecule has 0 radical (unpaired) electrons. The Balaban J connectivity index is 1.56. The first kappa shape index (κ1) is 19.6. The number of nitriles is 1. The molecule has 3 rings (SSSR count). The third-order valence-electron chi connectivity index (χ3n) is 5.81. The molecular formula is C24H30N2O. The van der Waals surface area contributed by atoms with Crippen LogP contribution in [0.25, 0.3) is 0 Å². The van der Waals surface area contributed by atoms with Crippen molar-refractivity contribution in [3.05, 3.63) is 71.3 Å². The van der Waals surface area contributed by atoms with E-state index in [1.807, 2.05) is 12.1 Å². The molecule has 142 valence electrons. The van der Waals surface area contributed by atoms with Crippen LogP contribution >= 0.6 is 0 Å². The highest BCUT2D eigenvalue weighted by Gasteiger charge is 2.34. The van der Waals surface area contributed by atoms with Crippen LogP contribution in [0.15, 0.2) is 54.6 Å². The number of hydrogen-bond acceptors (Lipinski definition) is 3. The van der Waals surface area contributed by atoms with E-state index < -0.39 is 0 Å². The average Bonchev–Trinajstić information content (AvgIpc) is 2.74. The topological polar surface area (TPSA) is 36.3 Å². The molecule has 1 saturated heterocycles. The Hall–Kier alpha value is -2.15. The van der Waals surface area contributed by atoms with Gasteiger partial charge >= 0.3 is 0 Å². The van der Waals surface area contributed by atoms with E-state index in [4.69, 9.17) is 10.00 Å². The van der Waals surface area contributed by atoms with E-state index in [0.717, 1.165) is 44.8 Å². The molecule has 0 bridgehead atoms. The van der Waals surface area contributed by atoms with E-state index >= 15 is 0 Å². The fourth-order valence-electron chi connectivity index (χ4n) is 3.97. The Morgan fingerprint density at radius 3 is 2.33 bits per heavy atom. The molecule has 0 aliphatic carbocycles. The Labute approximate surface area is 163 Å². The Bertz CT molecular complexity index is 725. The molecule has 0 amide bonds. The quantitative estimate of drug-likeness (QED) is 0.676. The zero-order valence-electron chi connectivity index (χ0n) is 16.4. The third kappa shape index (κ3) is 5.66. The van der Waals surface area contributed by atoms with Crippen molar-refractivity contribution in [3.63, 3.8) is 0 Å². The molecule has 3 heteroatoms. The highest BCUT2D eigenvalue weighted by Crippen LogP contribution is 2.37. The van der Waals surface area contributed by atoms with Gasteiger partial charge in [0.1, 0.15) is 0 Å². The van der Waals surface area contributed by atoms with Crippen LogP contribution < -0.4 is 0 Å². The summed E-state index contributed by atoms with van der Waals surface area (Å²) in [4.78, 5) is 2.54. The van der Waals surface area contributed by atoms with Crippen molar-refractivity contribution in [2.75, 3.05) is 26.3 Å². The number of piperidine rings is 1. The van der Waals surface area contributed by atoms with Crippen molar-refractivity contribution in [3.8, 4) is 6.07 Å². The van der Waals surface area contributed by atoms with E-state index in [0.29, 0.717) is 5.41 Å². The zero-order valence-corrected chi connectivity index (χ0v) is 16.4. The van der Waals surface area contributed by atoms with Gasteiger partial charge in [0.05, 0.1) is 18.2 Å². The molecule has 27 heavy (non-hydrogen) atoms. The number of ether oxygens (including phenoxy) is 1. The Morgan fingerprint density at radius 2 is 1.70 bits per heavy atom. The number of aryl methyl sites for hydroxylation is 1. The molecule has 1 aliphatic rings. The van der Waals surface area contributed by atoms with Crippen LogP contribution in [0, 0.1) is 16.7 Å². The summed E-state index contributed by atoms with van der Waals surface area (Å²) in [5.41, 5.74) is 3.74. The molecule has 2 aromatic rings. The van der Waals surface area contributed by atoms with E-state index in [-0.39, 0.29) is 0 Å². The molecule has 0 atom stereocenters. The number of nitrogens with zero attached hydrogens (tertiary/aromatic N) is 2. The molecular weight excluding hydrogens is 332 g/mol. The molecule has 3 nitrogen and oxygen atoms in total. The van der Waals surface area contributed by atoms with Crippen LogP contribution in [0.3, 0.4) is 0 Å². The maximum Gasteiger partial charge on any atom is 0.0991 e. The SMILES string of the molecule is CCOCC1(CCc2ccccc2)CCN(Cc2ccc(C#N)cc2)CC1. The molecule has 1 fully saturated rings. The van der Waals surface area contributed by atoms with Crippen molar-refractivity contribution in [2.24, 2.45) is 5.41 Å². The van der Waals surface area contributed by atoms with E-state index in [9.17, 15) is 0 Å². The fourth-order valence-corrected chi connectivity index (χ4v) is 3.97. The van der Waals surface area contributed by atoms with Gasteiger partial charge in [0, 0.05) is 13.2 Å². The van der Waals surface area contributed by atoms with E-state index in [1.54, 1.807) is 0 Å². The molecule has 0 saturated carbocycles. The minimum Gasteiger partial charge on any atom is -0.381 e. The van der Waals surface area contributed by atoms with Gasteiger partial charge in [-0.3, -0.25) is 4.90 Å². The molecule has 1 aliphatic heterocycles. The van der Waals surface area contributed by atoms with Gasteiger partial charge in [0.25, 0.3) is 0 Å². The number of hydrogen-bond donors (Lipinski definition) is 0. The predicted octanol–water partition coefficient (Wildman–Crippen LogP) is 4.81. The van der Waals surface area contributed by atoms with Crippen LogP contribution in [-0.4, -0.2) is 31.2 Å². The summed E-state index contributed by atoms with van der Waals surface area (Å²) in [6.07, 6.45) is 4.71. The molecule has 0 aromatic heterocycles. The van der Waals surface area contributed by atoms with Crippen LogP contribution in [0.4, 0.5) is 0 Å². The summed E-state index contributed by atoms with van der Waals surface area (Å²) in [5, 5.41) is 8.94. The van der Waals surface area contributed by atoms with Gasteiger partial charge in [-0.15, -0.1) is 0 Å². The first-order chi connectivity index (χ1) is 13.2. The fraction of sp³-hybridized carbons (Fsp3) is 0.458. The van der Waals surface area contributed by atoms with Gasteiger partial charge in [-0.2, -0.15) is 5.26 Å². The summed E-state index contributed by atoms with van der Waals surface area (Å²) < 4.78 is 5.89. The van der Waals surface area contributed by atoms with Gasteiger partial charge in [-0.1, -0.05) is 42.5 Å². The van der Waals surface area contributed by atoms with Gasteiger partial charge in [0.2, 0.25) is 0 Å². The summed E-state index contributed by atoms with van der Waals surface area (Å²) in [7, 11) is 0. The van der Waals surface area contributed by atoms with Crippen LogP contribution in [0.2, 0.25) is 0 Å². The van der Waals surface area contributed by atoms with Crippen molar-refractivity contribution >= 4 is 0 Å². The molecule has 2 aromatic carbocycles. The molecule has 0 N–H and O–H groups in total. The molecule has 0 spiro atoms. The average molecular weight is 363 g/mol. The molecule has 1 heterocycles. The minimum atomic E-state index is 0.299. The second-order valence-corrected chi connectivity index (χ2v) is 7.71. The van der Waals surface area contributed by atoms with Crippen molar-refractivity contribution in [2.45, 2.75) is 39.2 Å². The lowest BCUT2D eigenvalue weighted by Gasteiger charge is -2.42. The second kappa shape index (κ2) is 9.69.